The van der Waals surface area contributed by atoms with Crippen molar-refractivity contribution in [3.63, 3.8) is 0 Å². The van der Waals surface area contributed by atoms with Crippen molar-refractivity contribution in [3.05, 3.63) is 47.0 Å². The van der Waals surface area contributed by atoms with Crippen LogP contribution >= 0.6 is 0 Å². The number of H-pyrrole nitrogens is 1. The minimum absolute atomic E-state index is 0.288. The summed E-state index contributed by atoms with van der Waals surface area (Å²) in [6.07, 6.45) is 7.36. The summed E-state index contributed by atoms with van der Waals surface area (Å²) in [5.41, 5.74) is 4.61. The molecule has 2 atom stereocenters. The first kappa shape index (κ1) is 18.2. The van der Waals surface area contributed by atoms with Gasteiger partial charge in [0.1, 0.15) is 0 Å². The van der Waals surface area contributed by atoms with Crippen molar-refractivity contribution in [2.24, 2.45) is 5.92 Å². The number of hydrogen-bond acceptors (Lipinski definition) is 4. The lowest BCUT2D eigenvalue weighted by molar-refractivity contribution is -0.135. The van der Waals surface area contributed by atoms with E-state index < -0.39 is 0 Å². The van der Waals surface area contributed by atoms with Crippen molar-refractivity contribution >= 4 is 5.91 Å². The fraction of sp³-hybridized carbons (Fsp3) is 0.571. The third-order valence-electron chi connectivity index (χ3n) is 6.19. The molecule has 27 heavy (non-hydrogen) atoms. The van der Waals surface area contributed by atoms with E-state index in [4.69, 9.17) is 0 Å². The highest BCUT2D eigenvalue weighted by Gasteiger charge is 2.36. The summed E-state index contributed by atoms with van der Waals surface area (Å²) in [7, 11) is 0. The first-order valence-electron chi connectivity index (χ1n) is 10.0. The van der Waals surface area contributed by atoms with Crippen LogP contribution in [-0.2, 0) is 17.8 Å². The highest BCUT2D eigenvalue weighted by atomic mass is 16.2. The van der Waals surface area contributed by atoms with Crippen molar-refractivity contribution in [1.29, 1.82) is 0 Å². The molecular weight excluding hydrogens is 338 g/mol. The lowest BCUT2D eigenvalue weighted by Crippen LogP contribution is -2.47. The van der Waals surface area contributed by atoms with E-state index in [0.717, 1.165) is 50.4 Å². The van der Waals surface area contributed by atoms with Gasteiger partial charge in [0.05, 0.1) is 5.69 Å². The van der Waals surface area contributed by atoms with Gasteiger partial charge in [-0.15, -0.1) is 0 Å². The molecule has 6 nitrogen and oxygen atoms in total. The van der Waals surface area contributed by atoms with Gasteiger partial charge >= 0.3 is 0 Å². The van der Waals surface area contributed by atoms with Gasteiger partial charge in [0.15, 0.2) is 0 Å². The van der Waals surface area contributed by atoms with Crippen LogP contribution in [0.4, 0.5) is 0 Å². The maximum Gasteiger partial charge on any atom is 0.223 e. The Kier molecular flexibility index (Phi) is 5.25. The van der Waals surface area contributed by atoms with Gasteiger partial charge in [-0.3, -0.25) is 19.8 Å². The first-order chi connectivity index (χ1) is 13.1. The van der Waals surface area contributed by atoms with Crippen molar-refractivity contribution in [2.45, 2.75) is 52.1 Å². The van der Waals surface area contributed by atoms with E-state index >= 15 is 0 Å². The minimum atomic E-state index is 0.288. The molecule has 3 aliphatic rings. The zero-order valence-electron chi connectivity index (χ0n) is 16.3. The molecule has 3 fully saturated rings. The van der Waals surface area contributed by atoms with E-state index in [1.165, 1.54) is 17.5 Å². The molecule has 0 spiro atoms. The molecule has 2 aromatic rings. The first-order valence-corrected chi connectivity index (χ1v) is 10.0. The Morgan fingerprint density at radius 3 is 2.74 bits per heavy atom. The highest BCUT2D eigenvalue weighted by molar-refractivity contribution is 5.77. The number of amides is 1. The number of hydrogen-bond donors (Lipinski definition) is 1. The summed E-state index contributed by atoms with van der Waals surface area (Å²) < 4.78 is 0. The number of aryl methyl sites for hydroxylation is 2. The van der Waals surface area contributed by atoms with Crippen LogP contribution < -0.4 is 0 Å². The van der Waals surface area contributed by atoms with Gasteiger partial charge in [0.2, 0.25) is 5.91 Å². The normalized spacial score (nSPS) is 22.8. The largest absolute Gasteiger partial charge is 0.338 e. The lowest BCUT2D eigenvalue weighted by atomic mass is 9.94. The average molecular weight is 367 g/mol. The molecule has 2 aromatic heterocycles. The van der Waals surface area contributed by atoms with Crippen LogP contribution in [0, 0.1) is 19.8 Å². The lowest BCUT2D eigenvalue weighted by Gasteiger charge is -2.36. The SMILES string of the molecule is Cc1[nH]nc(CCC(=O)N2C[C@@H]3CC[C@H]2CN(Cc2ccncc2)C3)c1C. The predicted molar refractivity (Wildman–Crippen MR) is 104 cm³/mol. The summed E-state index contributed by atoms with van der Waals surface area (Å²) in [5.74, 6) is 0.874. The Bertz CT molecular complexity index is 787. The van der Waals surface area contributed by atoms with Gasteiger partial charge in [0.25, 0.3) is 0 Å². The van der Waals surface area contributed by atoms with Crippen LogP contribution in [0.15, 0.2) is 24.5 Å². The number of pyridine rings is 1. The number of aromatic nitrogens is 3. The molecule has 0 unspecified atom stereocenters. The van der Waals surface area contributed by atoms with Crippen LogP contribution in [0.25, 0.3) is 0 Å². The smallest absolute Gasteiger partial charge is 0.223 e. The fourth-order valence-corrected chi connectivity index (χ4v) is 4.51. The number of piperidine rings is 1. The number of rotatable bonds is 5. The molecule has 0 saturated carbocycles. The monoisotopic (exact) mass is 367 g/mol. The summed E-state index contributed by atoms with van der Waals surface area (Å²) in [6, 6.07) is 4.52. The predicted octanol–water partition coefficient (Wildman–Crippen LogP) is 2.48. The third-order valence-corrected chi connectivity index (χ3v) is 6.19. The molecule has 1 amide bonds. The van der Waals surface area contributed by atoms with Gasteiger partial charge in [-0.1, -0.05) is 0 Å². The minimum Gasteiger partial charge on any atom is -0.338 e. The van der Waals surface area contributed by atoms with Gasteiger partial charge in [-0.2, -0.15) is 5.10 Å². The van der Waals surface area contributed by atoms with Crippen molar-refractivity contribution < 1.29 is 4.79 Å². The molecule has 3 aliphatic heterocycles. The molecule has 1 N–H and O–H groups in total. The van der Waals surface area contributed by atoms with Crippen LogP contribution in [0.1, 0.15) is 41.8 Å². The summed E-state index contributed by atoms with van der Waals surface area (Å²) in [4.78, 5) is 21.7. The molecule has 0 radical (unpaired) electrons. The summed E-state index contributed by atoms with van der Waals surface area (Å²) >= 11 is 0. The van der Waals surface area contributed by atoms with E-state index in [9.17, 15) is 4.79 Å². The molecule has 144 valence electrons. The maximum absolute atomic E-state index is 13.0. The van der Waals surface area contributed by atoms with Gasteiger partial charge in [0, 0.05) is 63.2 Å². The topological polar surface area (TPSA) is 65.1 Å². The Morgan fingerprint density at radius 2 is 2.00 bits per heavy atom. The van der Waals surface area contributed by atoms with E-state index in [1.54, 1.807) is 0 Å². The van der Waals surface area contributed by atoms with Crippen LogP contribution in [0.3, 0.4) is 0 Å². The zero-order valence-corrected chi connectivity index (χ0v) is 16.3. The van der Waals surface area contributed by atoms with Gasteiger partial charge in [-0.05, 0) is 55.9 Å². The van der Waals surface area contributed by atoms with Crippen molar-refractivity contribution in [2.75, 3.05) is 19.6 Å². The number of carbonyl (C=O) groups excluding carboxylic acids is 1. The molecule has 6 heteroatoms. The molecule has 0 aromatic carbocycles. The van der Waals surface area contributed by atoms with E-state index in [-0.39, 0.29) is 5.91 Å². The quantitative estimate of drug-likeness (QED) is 0.882. The molecule has 5 heterocycles. The number of nitrogens with zero attached hydrogens (tertiary/aromatic N) is 4. The highest BCUT2D eigenvalue weighted by Crippen LogP contribution is 2.29. The van der Waals surface area contributed by atoms with Crippen LogP contribution in [-0.4, -0.2) is 56.6 Å². The van der Waals surface area contributed by atoms with E-state index in [2.05, 4.69) is 44.0 Å². The van der Waals surface area contributed by atoms with Crippen LogP contribution in [0.5, 0.6) is 0 Å². The van der Waals surface area contributed by atoms with Gasteiger partial charge in [-0.25, -0.2) is 0 Å². The Labute approximate surface area is 161 Å². The van der Waals surface area contributed by atoms with Crippen LogP contribution in [0.2, 0.25) is 0 Å². The third kappa shape index (κ3) is 4.05. The second-order valence-corrected chi connectivity index (χ2v) is 8.11. The second-order valence-electron chi connectivity index (χ2n) is 8.11. The number of nitrogens with one attached hydrogen (secondary N) is 1. The summed E-state index contributed by atoms with van der Waals surface area (Å²) in [6.45, 7) is 8.02. The Balaban J connectivity index is 1.38. The van der Waals surface area contributed by atoms with E-state index in [1.807, 2.05) is 19.3 Å². The Hall–Kier alpha value is -2.21. The van der Waals surface area contributed by atoms with E-state index in [0.29, 0.717) is 18.4 Å². The average Bonchev–Trinajstić information content (AvgIpc) is 2.84. The zero-order chi connectivity index (χ0) is 18.8. The molecule has 3 saturated heterocycles. The molecule has 5 rings (SSSR count). The molecule has 2 bridgehead atoms. The molecular formula is C21H29N5O. The number of carbonyl (C=O) groups is 1. The second kappa shape index (κ2) is 7.80. The number of aromatic amines is 1. The Morgan fingerprint density at radius 1 is 1.19 bits per heavy atom. The standard InChI is InChI=1S/C21H29N5O/c1-15-16(2)23-24-20(15)5-6-21(27)26-13-18-3-4-19(26)14-25(12-18)11-17-7-9-22-10-8-17/h7-10,18-19H,3-6,11-14H2,1-2H3,(H,23,24)/t18-,19+/m1/s1. The molecule has 0 aliphatic carbocycles. The van der Waals surface area contributed by atoms with Gasteiger partial charge < -0.3 is 4.90 Å². The maximum atomic E-state index is 13.0. The summed E-state index contributed by atoms with van der Waals surface area (Å²) in [5, 5.41) is 7.37. The van der Waals surface area contributed by atoms with Crippen molar-refractivity contribution in [3.8, 4) is 0 Å². The number of fused-ring (bicyclic) bond motifs is 4. The fourth-order valence-electron chi connectivity index (χ4n) is 4.51. The van der Waals surface area contributed by atoms with Crippen molar-refractivity contribution in [1.82, 2.24) is 25.0 Å².